The van der Waals surface area contributed by atoms with Gasteiger partial charge in [0.2, 0.25) is 0 Å². The zero-order chi connectivity index (χ0) is 10.8. The van der Waals surface area contributed by atoms with Gasteiger partial charge in [-0.05, 0) is 17.1 Å². The maximum Gasteiger partial charge on any atom is 0.144 e. The molecule has 76 valence electrons. The fourth-order valence-electron chi connectivity index (χ4n) is 1.68. The first-order valence-corrected chi connectivity index (χ1v) is 5.28. The molecule has 0 bridgehead atoms. The van der Waals surface area contributed by atoms with Crippen LogP contribution in [0, 0.1) is 0 Å². The number of hydrogen-bond donors (Lipinski definition) is 0. The van der Waals surface area contributed by atoms with Crippen LogP contribution in [0.15, 0.2) is 24.4 Å². The Labute approximate surface area is 94.6 Å². The summed E-state index contributed by atoms with van der Waals surface area (Å²) in [4.78, 5) is 4.30. The highest BCUT2D eigenvalue weighted by atomic mass is 35.5. The Balaban J connectivity index is 2.74. The van der Waals surface area contributed by atoms with Gasteiger partial charge >= 0.3 is 0 Å². The molecule has 2 rings (SSSR count). The molecule has 0 fully saturated rings. The summed E-state index contributed by atoms with van der Waals surface area (Å²) in [6, 6.07) is 5.96. The maximum absolute atomic E-state index is 5.87. The second-order valence-electron chi connectivity index (χ2n) is 3.44. The van der Waals surface area contributed by atoms with Crippen LogP contribution < -0.4 is 10.2 Å². The maximum atomic E-state index is 5.87. The van der Waals surface area contributed by atoms with E-state index in [1.54, 1.807) is 13.3 Å². The average Bonchev–Trinajstić information content (AvgIpc) is 2.27. The van der Waals surface area contributed by atoms with Crippen molar-refractivity contribution in [2.45, 2.75) is 5.88 Å². The van der Waals surface area contributed by atoms with Gasteiger partial charge in [0, 0.05) is 23.5 Å². The van der Waals surface area contributed by atoms with E-state index in [4.69, 9.17) is 16.3 Å². The fourth-order valence-corrected chi connectivity index (χ4v) is 1.91. The number of hydrogen-bond acceptors (Lipinski definition) is 2. The van der Waals surface area contributed by atoms with E-state index in [1.165, 1.54) is 0 Å². The lowest BCUT2D eigenvalue weighted by atomic mass is 9.92. The standard InChI is InChI=1S/C11H11BClNO/c1-15-11-5-10-8(4-9(11)12)7(6-13)2-3-14-10/h2-5H,6,12H2,1H3. The van der Waals surface area contributed by atoms with Crippen LogP contribution in [0.25, 0.3) is 10.9 Å². The molecule has 0 amide bonds. The number of halogens is 1. The molecule has 0 aliphatic carbocycles. The number of aromatic nitrogens is 1. The van der Waals surface area contributed by atoms with Gasteiger partial charge in [0.1, 0.15) is 13.6 Å². The SMILES string of the molecule is Bc1cc2c(CCl)ccnc2cc1OC. The summed E-state index contributed by atoms with van der Waals surface area (Å²) in [7, 11) is 3.68. The van der Waals surface area contributed by atoms with E-state index in [0.717, 1.165) is 27.7 Å². The van der Waals surface area contributed by atoms with Gasteiger partial charge in [-0.3, -0.25) is 4.98 Å². The van der Waals surface area contributed by atoms with Gasteiger partial charge < -0.3 is 4.74 Å². The van der Waals surface area contributed by atoms with E-state index < -0.39 is 0 Å². The number of ether oxygens (including phenoxy) is 1. The minimum Gasteiger partial charge on any atom is -0.497 e. The zero-order valence-electron chi connectivity index (χ0n) is 8.75. The predicted octanol–water partition coefficient (Wildman–Crippen LogP) is 1.24. The highest BCUT2D eigenvalue weighted by molar-refractivity contribution is 6.35. The third-order valence-corrected chi connectivity index (χ3v) is 2.78. The smallest absolute Gasteiger partial charge is 0.144 e. The summed E-state index contributed by atoms with van der Waals surface area (Å²) < 4.78 is 5.25. The monoisotopic (exact) mass is 219 g/mol. The number of rotatable bonds is 2. The van der Waals surface area contributed by atoms with Gasteiger partial charge in [-0.1, -0.05) is 6.07 Å². The van der Waals surface area contributed by atoms with Crippen molar-refractivity contribution >= 4 is 35.8 Å². The molecule has 0 N–H and O–H groups in total. The van der Waals surface area contributed by atoms with Crippen LogP contribution >= 0.6 is 11.6 Å². The molecular weight excluding hydrogens is 208 g/mol. The fraction of sp³-hybridized carbons (Fsp3) is 0.182. The first-order chi connectivity index (χ1) is 7.26. The van der Waals surface area contributed by atoms with Gasteiger partial charge in [-0.2, -0.15) is 0 Å². The molecule has 1 heterocycles. The Kier molecular flexibility index (Phi) is 2.82. The van der Waals surface area contributed by atoms with E-state index in [9.17, 15) is 0 Å². The second-order valence-corrected chi connectivity index (χ2v) is 3.71. The summed E-state index contributed by atoms with van der Waals surface area (Å²) in [6.07, 6.45) is 1.77. The number of alkyl halides is 1. The number of pyridine rings is 1. The first-order valence-electron chi connectivity index (χ1n) is 4.74. The lowest BCUT2D eigenvalue weighted by Gasteiger charge is -2.08. The van der Waals surface area contributed by atoms with E-state index in [0.29, 0.717) is 5.88 Å². The van der Waals surface area contributed by atoms with Crippen molar-refractivity contribution in [1.82, 2.24) is 4.98 Å². The minimum absolute atomic E-state index is 0.505. The quantitative estimate of drug-likeness (QED) is 0.560. The van der Waals surface area contributed by atoms with E-state index in [1.807, 2.05) is 20.0 Å². The summed E-state index contributed by atoms with van der Waals surface area (Å²) in [5.41, 5.74) is 3.13. The zero-order valence-corrected chi connectivity index (χ0v) is 9.51. The van der Waals surface area contributed by atoms with E-state index >= 15 is 0 Å². The Hall–Kier alpha value is -1.22. The van der Waals surface area contributed by atoms with Crippen LogP contribution in [0.5, 0.6) is 5.75 Å². The van der Waals surface area contributed by atoms with Crippen LogP contribution in [-0.4, -0.2) is 19.9 Å². The Morgan fingerprint density at radius 1 is 1.47 bits per heavy atom. The van der Waals surface area contributed by atoms with Crippen molar-refractivity contribution in [1.29, 1.82) is 0 Å². The van der Waals surface area contributed by atoms with Crippen molar-refractivity contribution in [3.05, 3.63) is 30.0 Å². The van der Waals surface area contributed by atoms with Crippen LogP contribution in [0.3, 0.4) is 0 Å². The molecule has 15 heavy (non-hydrogen) atoms. The van der Waals surface area contributed by atoms with Gasteiger partial charge in [0.25, 0.3) is 0 Å². The topological polar surface area (TPSA) is 22.1 Å². The summed E-state index contributed by atoms with van der Waals surface area (Å²) in [5.74, 6) is 1.37. The van der Waals surface area contributed by atoms with Crippen molar-refractivity contribution in [2.24, 2.45) is 0 Å². The summed E-state index contributed by atoms with van der Waals surface area (Å²) in [5, 5.41) is 1.10. The Morgan fingerprint density at radius 3 is 2.93 bits per heavy atom. The lowest BCUT2D eigenvalue weighted by molar-refractivity contribution is 0.418. The number of fused-ring (bicyclic) bond motifs is 1. The molecule has 0 unspecified atom stereocenters. The number of methoxy groups -OCH3 is 1. The molecule has 0 spiro atoms. The van der Waals surface area contributed by atoms with Crippen molar-refractivity contribution in [3.8, 4) is 5.75 Å². The Bertz CT molecular complexity index is 501. The normalized spacial score (nSPS) is 10.5. The average molecular weight is 219 g/mol. The largest absolute Gasteiger partial charge is 0.497 e. The molecular formula is C11H11BClNO. The second kappa shape index (κ2) is 4.11. The van der Waals surface area contributed by atoms with E-state index in [2.05, 4.69) is 11.1 Å². The van der Waals surface area contributed by atoms with Gasteiger partial charge in [0.05, 0.1) is 12.6 Å². The van der Waals surface area contributed by atoms with Crippen LogP contribution in [-0.2, 0) is 5.88 Å². The highest BCUT2D eigenvalue weighted by Gasteiger charge is 2.05. The molecule has 2 nitrogen and oxygen atoms in total. The first kappa shape index (κ1) is 10.3. The molecule has 0 aliphatic heterocycles. The molecule has 0 saturated carbocycles. The molecule has 0 aliphatic rings. The van der Waals surface area contributed by atoms with E-state index in [-0.39, 0.29) is 0 Å². The molecule has 4 heteroatoms. The van der Waals surface area contributed by atoms with Gasteiger partial charge in [-0.25, -0.2) is 0 Å². The van der Waals surface area contributed by atoms with Crippen LogP contribution in [0.2, 0.25) is 0 Å². The highest BCUT2D eigenvalue weighted by Crippen LogP contribution is 2.21. The number of nitrogens with zero attached hydrogens (tertiary/aromatic N) is 1. The predicted molar refractivity (Wildman–Crippen MR) is 66.0 cm³/mol. The van der Waals surface area contributed by atoms with Crippen LogP contribution in [0.4, 0.5) is 0 Å². The van der Waals surface area contributed by atoms with Crippen molar-refractivity contribution in [3.63, 3.8) is 0 Å². The molecule has 1 aromatic heterocycles. The molecule has 0 radical (unpaired) electrons. The minimum atomic E-state index is 0.505. The third kappa shape index (κ3) is 1.79. The van der Waals surface area contributed by atoms with Crippen molar-refractivity contribution < 1.29 is 4.74 Å². The van der Waals surface area contributed by atoms with Gasteiger partial charge in [-0.15, -0.1) is 11.6 Å². The molecule has 0 atom stereocenters. The number of benzene rings is 1. The molecule has 2 aromatic rings. The molecule has 0 saturated heterocycles. The third-order valence-electron chi connectivity index (χ3n) is 2.49. The van der Waals surface area contributed by atoms with Crippen molar-refractivity contribution in [2.75, 3.05) is 7.11 Å². The van der Waals surface area contributed by atoms with Crippen LogP contribution in [0.1, 0.15) is 5.56 Å². The summed E-state index contributed by atoms with van der Waals surface area (Å²) >= 11 is 5.87. The summed E-state index contributed by atoms with van der Waals surface area (Å²) in [6.45, 7) is 0. The Morgan fingerprint density at radius 2 is 2.27 bits per heavy atom. The molecule has 1 aromatic carbocycles. The lowest BCUT2D eigenvalue weighted by Crippen LogP contribution is -2.07. The van der Waals surface area contributed by atoms with Gasteiger partial charge in [0.15, 0.2) is 0 Å².